The van der Waals surface area contributed by atoms with Gasteiger partial charge in [0.15, 0.2) is 0 Å². The van der Waals surface area contributed by atoms with Crippen LogP contribution in [0.4, 0.5) is 0 Å². The molecule has 0 aliphatic heterocycles. The summed E-state index contributed by atoms with van der Waals surface area (Å²) in [4.78, 5) is 16.1. The lowest BCUT2D eigenvalue weighted by molar-refractivity contribution is 0.397. The van der Waals surface area contributed by atoms with Crippen LogP contribution < -0.4 is 0 Å². The van der Waals surface area contributed by atoms with E-state index < -0.39 is 0 Å². The Morgan fingerprint density at radius 1 is 1.09 bits per heavy atom. The van der Waals surface area contributed by atoms with Crippen molar-refractivity contribution in [3.8, 4) is 0 Å². The van der Waals surface area contributed by atoms with E-state index in [1.807, 2.05) is 57.4 Å². The number of aliphatic imine (C=N–C) groups is 1. The lowest BCUT2D eigenvalue weighted by atomic mass is 10.2. The highest BCUT2D eigenvalue weighted by Gasteiger charge is 2.05. The molecular formula is C18H20N4S. The summed E-state index contributed by atoms with van der Waals surface area (Å²) in [7, 11) is 4.09. The number of hydrogen-bond donors (Lipinski definition) is 0. The fourth-order valence-corrected chi connectivity index (χ4v) is 3.24. The summed E-state index contributed by atoms with van der Waals surface area (Å²) in [6.07, 6.45) is 0. The van der Waals surface area contributed by atoms with Crippen LogP contribution in [-0.2, 0) is 13.1 Å². The van der Waals surface area contributed by atoms with E-state index in [1.165, 1.54) is 4.70 Å². The first kappa shape index (κ1) is 15.8. The molecule has 0 unspecified atom stereocenters. The van der Waals surface area contributed by atoms with Gasteiger partial charge in [-0.05, 0) is 45.3 Å². The predicted molar refractivity (Wildman–Crippen MR) is 97.2 cm³/mol. The Morgan fingerprint density at radius 3 is 2.70 bits per heavy atom. The Kier molecular flexibility index (Phi) is 4.79. The van der Waals surface area contributed by atoms with E-state index in [4.69, 9.17) is 0 Å². The number of aromatic nitrogens is 2. The molecule has 0 aliphatic rings. The molecule has 3 aromatic rings. The van der Waals surface area contributed by atoms with Crippen LogP contribution in [0.15, 0.2) is 47.5 Å². The molecule has 0 radical (unpaired) electrons. The van der Waals surface area contributed by atoms with Crippen LogP contribution in [-0.4, -0.2) is 34.7 Å². The maximum absolute atomic E-state index is 4.68. The lowest BCUT2D eigenvalue weighted by Crippen LogP contribution is -2.13. The minimum Gasteiger partial charge on any atom is -0.304 e. The molecule has 2 heterocycles. The van der Waals surface area contributed by atoms with E-state index >= 15 is 0 Å². The van der Waals surface area contributed by atoms with Gasteiger partial charge in [-0.3, -0.25) is 9.98 Å². The monoisotopic (exact) mass is 324 g/mol. The van der Waals surface area contributed by atoms with Gasteiger partial charge in [-0.2, -0.15) is 0 Å². The van der Waals surface area contributed by atoms with E-state index in [1.54, 1.807) is 11.3 Å². The van der Waals surface area contributed by atoms with E-state index in [2.05, 4.69) is 25.9 Å². The third-order valence-corrected chi connectivity index (χ3v) is 4.47. The van der Waals surface area contributed by atoms with Crippen LogP contribution in [0.2, 0.25) is 0 Å². The van der Waals surface area contributed by atoms with Gasteiger partial charge >= 0.3 is 0 Å². The van der Waals surface area contributed by atoms with Crippen LogP contribution in [0.25, 0.3) is 10.2 Å². The number of rotatable bonds is 5. The molecule has 0 saturated carbocycles. The second kappa shape index (κ2) is 6.98. The van der Waals surface area contributed by atoms with Crippen molar-refractivity contribution in [1.82, 2.24) is 14.9 Å². The van der Waals surface area contributed by atoms with Crippen LogP contribution in [0.3, 0.4) is 0 Å². The van der Waals surface area contributed by atoms with E-state index in [-0.39, 0.29) is 0 Å². The van der Waals surface area contributed by atoms with Crippen LogP contribution >= 0.6 is 11.3 Å². The van der Waals surface area contributed by atoms with E-state index in [0.717, 1.165) is 34.2 Å². The molecule has 0 saturated heterocycles. The summed E-state index contributed by atoms with van der Waals surface area (Å²) in [6.45, 7) is 3.44. The maximum Gasteiger partial charge on any atom is 0.115 e. The molecule has 4 nitrogen and oxygen atoms in total. The number of fused-ring (bicyclic) bond motifs is 1. The van der Waals surface area contributed by atoms with Crippen LogP contribution in [0.1, 0.15) is 23.3 Å². The molecule has 0 bridgehead atoms. The zero-order valence-corrected chi connectivity index (χ0v) is 14.5. The molecule has 0 spiro atoms. The van der Waals surface area contributed by atoms with Crippen LogP contribution in [0.5, 0.6) is 0 Å². The Bertz CT molecular complexity index is 803. The van der Waals surface area contributed by atoms with Gasteiger partial charge in [-0.25, -0.2) is 4.98 Å². The highest BCUT2D eigenvalue weighted by molar-refractivity contribution is 7.18. The fraction of sp³-hybridized carbons (Fsp3) is 0.278. The Morgan fingerprint density at radius 2 is 1.91 bits per heavy atom. The third kappa shape index (κ3) is 4.00. The topological polar surface area (TPSA) is 41.4 Å². The summed E-state index contributed by atoms with van der Waals surface area (Å²) in [6, 6.07) is 14.3. The van der Waals surface area contributed by atoms with Gasteiger partial charge in [0.1, 0.15) is 5.01 Å². The Hall–Kier alpha value is -2.11. The van der Waals surface area contributed by atoms with Crippen molar-refractivity contribution in [2.24, 2.45) is 4.99 Å². The van der Waals surface area contributed by atoms with E-state index in [9.17, 15) is 0 Å². The van der Waals surface area contributed by atoms with Crippen molar-refractivity contribution in [3.05, 3.63) is 58.9 Å². The molecule has 0 atom stereocenters. The van der Waals surface area contributed by atoms with Gasteiger partial charge in [0.05, 0.1) is 33.9 Å². The smallest absolute Gasteiger partial charge is 0.115 e. The summed E-state index contributed by atoms with van der Waals surface area (Å²) in [5.74, 6) is 0. The van der Waals surface area contributed by atoms with Crippen LogP contribution in [0, 0.1) is 0 Å². The summed E-state index contributed by atoms with van der Waals surface area (Å²) < 4.78 is 1.21. The Labute approximate surface area is 140 Å². The average Bonchev–Trinajstić information content (AvgIpc) is 2.95. The second-order valence-electron chi connectivity index (χ2n) is 5.73. The molecule has 118 valence electrons. The molecule has 5 heteroatoms. The maximum atomic E-state index is 4.68. The third-order valence-electron chi connectivity index (χ3n) is 3.45. The van der Waals surface area contributed by atoms with Crippen molar-refractivity contribution in [1.29, 1.82) is 0 Å². The summed E-state index contributed by atoms with van der Waals surface area (Å²) in [5.41, 5.74) is 3.99. The number of benzene rings is 1. The largest absolute Gasteiger partial charge is 0.304 e. The molecule has 0 amide bonds. The lowest BCUT2D eigenvalue weighted by Gasteiger charge is -2.09. The summed E-state index contributed by atoms with van der Waals surface area (Å²) >= 11 is 1.70. The number of hydrogen-bond acceptors (Lipinski definition) is 5. The minimum atomic E-state index is 0.602. The molecule has 0 N–H and O–H groups in total. The first-order chi connectivity index (χ1) is 11.1. The van der Waals surface area contributed by atoms with E-state index in [0.29, 0.717) is 6.54 Å². The molecule has 23 heavy (non-hydrogen) atoms. The number of para-hydroxylation sites is 1. The quantitative estimate of drug-likeness (QED) is 0.671. The molecule has 1 aromatic carbocycles. The zero-order valence-electron chi connectivity index (χ0n) is 13.7. The van der Waals surface area contributed by atoms with Crippen molar-refractivity contribution in [2.45, 2.75) is 20.0 Å². The first-order valence-corrected chi connectivity index (χ1v) is 8.40. The Balaban J connectivity index is 1.76. The number of nitrogens with zero attached hydrogens (tertiary/aromatic N) is 4. The number of pyridine rings is 1. The molecule has 0 fully saturated rings. The normalized spacial score (nSPS) is 12.3. The molecular weight excluding hydrogens is 304 g/mol. The zero-order chi connectivity index (χ0) is 16.2. The van der Waals surface area contributed by atoms with Gasteiger partial charge in [0, 0.05) is 6.54 Å². The van der Waals surface area contributed by atoms with Gasteiger partial charge in [0.25, 0.3) is 0 Å². The van der Waals surface area contributed by atoms with Crippen molar-refractivity contribution >= 4 is 27.3 Å². The number of thiazole rings is 1. The molecule has 3 rings (SSSR count). The minimum absolute atomic E-state index is 0.602. The standard InChI is InChI=1S/C18H20N4S/c1-13(15-9-6-7-14(20-15)12-22(2)3)19-11-18-21-16-8-4-5-10-17(16)23-18/h4-10H,11-12H2,1-3H3. The highest BCUT2D eigenvalue weighted by Crippen LogP contribution is 2.22. The van der Waals surface area contributed by atoms with Gasteiger partial charge < -0.3 is 4.90 Å². The fourth-order valence-electron chi connectivity index (χ4n) is 2.35. The predicted octanol–water partition coefficient (Wildman–Crippen LogP) is 3.76. The highest BCUT2D eigenvalue weighted by atomic mass is 32.1. The summed E-state index contributed by atoms with van der Waals surface area (Å²) in [5, 5.41) is 1.04. The molecule has 0 aliphatic carbocycles. The van der Waals surface area contributed by atoms with Gasteiger partial charge in [0.2, 0.25) is 0 Å². The SMILES string of the molecule is CC(=NCc1nc2ccccc2s1)c1cccc(CN(C)C)n1. The average molecular weight is 324 g/mol. The second-order valence-corrected chi connectivity index (χ2v) is 6.84. The van der Waals surface area contributed by atoms with Gasteiger partial charge in [-0.15, -0.1) is 11.3 Å². The van der Waals surface area contributed by atoms with Gasteiger partial charge in [-0.1, -0.05) is 18.2 Å². The molecule has 2 aromatic heterocycles. The first-order valence-electron chi connectivity index (χ1n) is 7.58. The van der Waals surface area contributed by atoms with Crippen molar-refractivity contribution < 1.29 is 0 Å². The van der Waals surface area contributed by atoms with Crippen molar-refractivity contribution in [2.75, 3.05) is 14.1 Å². The van der Waals surface area contributed by atoms with Crippen molar-refractivity contribution in [3.63, 3.8) is 0 Å².